The molecule has 0 atom stereocenters. The predicted octanol–water partition coefficient (Wildman–Crippen LogP) is 4.74. The van der Waals surface area contributed by atoms with Crippen LogP contribution in [0.25, 0.3) is 0 Å². The number of hydrogen-bond donors (Lipinski definition) is 1. The van der Waals surface area contributed by atoms with Crippen LogP contribution < -0.4 is 5.32 Å². The molecule has 1 aromatic heterocycles. The quantitative estimate of drug-likeness (QED) is 0.798. The topological polar surface area (TPSA) is 37.8 Å². The number of aromatic nitrogens is 2. The molecule has 2 rings (SSSR count). The fraction of sp³-hybridized carbons (Fsp3) is 0.0909. The molecule has 0 unspecified atom stereocenters. The maximum absolute atomic E-state index is 5.98. The van der Waals surface area contributed by atoms with Gasteiger partial charge in [0.25, 0.3) is 0 Å². The fourth-order valence-corrected chi connectivity index (χ4v) is 2.81. The summed E-state index contributed by atoms with van der Waals surface area (Å²) in [4.78, 5) is 9.42. The highest BCUT2D eigenvalue weighted by Crippen LogP contribution is 2.35. The Morgan fingerprint density at radius 2 is 2.06 bits per heavy atom. The van der Waals surface area contributed by atoms with Crippen molar-refractivity contribution in [2.45, 2.75) is 9.92 Å². The molecule has 0 aliphatic heterocycles. The normalized spacial score (nSPS) is 10.4. The number of nitrogens with zero attached hydrogens (tertiary/aromatic N) is 2. The van der Waals surface area contributed by atoms with E-state index in [2.05, 4.69) is 31.2 Å². The Bertz CT molecular complexity index is 580. The van der Waals surface area contributed by atoms with Crippen LogP contribution in [0.3, 0.4) is 0 Å². The van der Waals surface area contributed by atoms with E-state index in [1.807, 2.05) is 12.1 Å². The summed E-state index contributed by atoms with van der Waals surface area (Å²) in [5.74, 6) is 0.570. The summed E-state index contributed by atoms with van der Waals surface area (Å²) in [7, 11) is 1.77. The smallest absolute Gasteiger partial charge is 0.223 e. The highest BCUT2D eigenvalue weighted by atomic mass is 79.9. The van der Waals surface area contributed by atoms with Gasteiger partial charge in [-0.05, 0) is 34.1 Å². The van der Waals surface area contributed by atoms with E-state index in [4.69, 9.17) is 23.2 Å². The van der Waals surface area contributed by atoms with Gasteiger partial charge in [0, 0.05) is 18.1 Å². The van der Waals surface area contributed by atoms with E-state index >= 15 is 0 Å². The molecule has 1 N–H and O–H groups in total. The number of nitrogens with one attached hydrogen (secondary N) is 1. The van der Waals surface area contributed by atoms with E-state index in [1.54, 1.807) is 19.3 Å². The lowest BCUT2D eigenvalue weighted by atomic mass is 10.4. The van der Waals surface area contributed by atoms with E-state index in [9.17, 15) is 0 Å². The second-order valence-electron chi connectivity index (χ2n) is 3.27. The van der Waals surface area contributed by atoms with Crippen molar-refractivity contribution in [2.24, 2.45) is 0 Å². The van der Waals surface area contributed by atoms with Crippen molar-refractivity contribution in [3.8, 4) is 0 Å². The summed E-state index contributed by atoms with van der Waals surface area (Å²) in [6.07, 6.45) is 1.71. The van der Waals surface area contributed by atoms with Crippen molar-refractivity contribution >= 4 is 56.8 Å². The molecular formula is C11H8BrCl2N3S. The van der Waals surface area contributed by atoms with Gasteiger partial charge in [0.05, 0.1) is 14.5 Å². The monoisotopic (exact) mass is 363 g/mol. The first-order valence-corrected chi connectivity index (χ1v) is 7.30. The van der Waals surface area contributed by atoms with E-state index in [0.717, 1.165) is 14.4 Å². The lowest BCUT2D eigenvalue weighted by Crippen LogP contribution is -1.97. The van der Waals surface area contributed by atoms with Crippen molar-refractivity contribution in [1.29, 1.82) is 0 Å². The number of anilines is 1. The molecule has 0 spiro atoms. The van der Waals surface area contributed by atoms with Gasteiger partial charge >= 0.3 is 0 Å². The van der Waals surface area contributed by atoms with Gasteiger partial charge in [-0.2, -0.15) is 0 Å². The molecular weight excluding hydrogens is 357 g/mol. The largest absolute Gasteiger partial charge is 0.357 e. The van der Waals surface area contributed by atoms with E-state index in [-0.39, 0.29) is 0 Å². The van der Waals surface area contributed by atoms with E-state index in [1.165, 1.54) is 11.8 Å². The Labute approximate surface area is 127 Å². The average molecular weight is 365 g/mol. The highest BCUT2D eigenvalue weighted by Gasteiger charge is 2.08. The van der Waals surface area contributed by atoms with Crippen molar-refractivity contribution in [3.05, 3.63) is 38.9 Å². The highest BCUT2D eigenvalue weighted by molar-refractivity contribution is 9.10. The molecule has 0 aliphatic carbocycles. The molecule has 94 valence electrons. The van der Waals surface area contributed by atoms with Crippen LogP contribution in [-0.2, 0) is 0 Å². The number of benzene rings is 1. The number of halogens is 3. The number of hydrogen-bond acceptors (Lipinski definition) is 4. The third-order valence-corrected chi connectivity index (χ3v) is 4.62. The van der Waals surface area contributed by atoms with Crippen LogP contribution in [-0.4, -0.2) is 17.0 Å². The van der Waals surface area contributed by atoms with Crippen LogP contribution in [0, 0.1) is 0 Å². The SMILES string of the molecule is CNc1ncc(Br)c(Sc2ccc(Cl)c(Cl)c2)n1. The molecule has 7 heteroatoms. The van der Waals surface area contributed by atoms with Gasteiger partial charge in [0.1, 0.15) is 5.03 Å². The first kappa shape index (κ1) is 13.9. The molecule has 0 saturated carbocycles. The molecule has 0 bridgehead atoms. The van der Waals surface area contributed by atoms with Crippen LogP contribution in [0.5, 0.6) is 0 Å². The van der Waals surface area contributed by atoms with Gasteiger partial charge in [0.15, 0.2) is 0 Å². The lowest BCUT2D eigenvalue weighted by Gasteiger charge is -2.06. The Kier molecular flexibility index (Phi) is 4.72. The summed E-state index contributed by atoms with van der Waals surface area (Å²) < 4.78 is 0.831. The Morgan fingerprint density at radius 1 is 1.28 bits per heavy atom. The molecule has 0 radical (unpaired) electrons. The zero-order valence-corrected chi connectivity index (χ0v) is 13.2. The minimum atomic E-state index is 0.528. The fourth-order valence-electron chi connectivity index (χ4n) is 1.20. The van der Waals surface area contributed by atoms with Gasteiger partial charge < -0.3 is 5.32 Å². The molecule has 2 aromatic rings. The van der Waals surface area contributed by atoms with Gasteiger partial charge in [-0.25, -0.2) is 9.97 Å². The predicted molar refractivity (Wildman–Crippen MR) is 79.9 cm³/mol. The lowest BCUT2D eigenvalue weighted by molar-refractivity contribution is 1.03. The Morgan fingerprint density at radius 3 is 2.72 bits per heavy atom. The maximum Gasteiger partial charge on any atom is 0.223 e. The third kappa shape index (κ3) is 3.29. The Balaban J connectivity index is 2.30. The van der Waals surface area contributed by atoms with E-state index < -0.39 is 0 Å². The zero-order valence-electron chi connectivity index (χ0n) is 9.25. The first-order valence-electron chi connectivity index (χ1n) is 4.93. The molecule has 1 heterocycles. The molecule has 0 fully saturated rings. The third-order valence-electron chi connectivity index (χ3n) is 2.04. The first-order chi connectivity index (χ1) is 8.60. The van der Waals surface area contributed by atoms with Crippen LogP contribution in [0.4, 0.5) is 5.95 Å². The average Bonchev–Trinajstić information content (AvgIpc) is 2.36. The van der Waals surface area contributed by atoms with Gasteiger partial charge in [-0.1, -0.05) is 35.0 Å². The van der Waals surface area contributed by atoms with Crippen molar-refractivity contribution in [1.82, 2.24) is 9.97 Å². The molecule has 0 saturated heterocycles. The maximum atomic E-state index is 5.98. The van der Waals surface area contributed by atoms with Crippen LogP contribution in [0.15, 0.2) is 38.8 Å². The molecule has 3 nitrogen and oxygen atoms in total. The number of rotatable bonds is 3. The van der Waals surface area contributed by atoms with E-state index in [0.29, 0.717) is 16.0 Å². The standard InChI is InChI=1S/C11H8BrCl2N3S/c1-15-11-16-5-7(12)10(17-11)18-6-2-3-8(13)9(14)4-6/h2-5H,1H3,(H,15,16,17). The summed E-state index contributed by atoms with van der Waals surface area (Å²) >= 11 is 16.8. The zero-order chi connectivity index (χ0) is 13.1. The summed E-state index contributed by atoms with van der Waals surface area (Å²) in [6.45, 7) is 0. The van der Waals surface area contributed by atoms with Gasteiger partial charge in [0.2, 0.25) is 5.95 Å². The molecule has 0 aliphatic rings. The van der Waals surface area contributed by atoms with Gasteiger partial charge in [-0.3, -0.25) is 0 Å². The van der Waals surface area contributed by atoms with Crippen LogP contribution >= 0.6 is 50.9 Å². The van der Waals surface area contributed by atoms with Crippen LogP contribution in [0.2, 0.25) is 10.0 Å². The Hall–Kier alpha value is -0.490. The second kappa shape index (κ2) is 6.10. The van der Waals surface area contributed by atoms with Crippen molar-refractivity contribution < 1.29 is 0 Å². The minimum Gasteiger partial charge on any atom is -0.357 e. The summed E-state index contributed by atoms with van der Waals surface area (Å²) in [6, 6.07) is 5.47. The summed E-state index contributed by atoms with van der Waals surface area (Å²) in [5, 5.41) is 4.78. The van der Waals surface area contributed by atoms with Gasteiger partial charge in [-0.15, -0.1) is 0 Å². The van der Waals surface area contributed by atoms with Crippen molar-refractivity contribution in [2.75, 3.05) is 12.4 Å². The molecule has 18 heavy (non-hydrogen) atoms. The molecule has 0 amide bonds. The second-order valence-corrected chi connectivity index (χ2v) is 6.01. The summed E-state index contributed by atoms with van der Waals surface area (Å²) in [5.41, 5.74) is 0. The molecule has 1 aromatic carbocycles. The van der Waals surface area contributed by atoms with Crippen LogP contribution in [0.1, 0.15) is 0 Å². The minimum absolute atomic E-state index is 0.528. The van der Waals surface area contributed by atoms with Crippen molar-refractivity contribution in [3.63, 3.8) is 0 Å².